The van der Waals surface area contributed by atoms with Crippen LogP contribution in [0, 0.1) is 5.82 Å². The Bertz CT molecular complexity index is 899. The number of hydrogen-bond donors (Lipinski definition) is 0. The van der Waals surface area contributed by atoms with Crippen molar-refractivity contribution in [2.75, 3.05) is 0 Å². The second-order valence-electron chi connectivity index (χ2n) is 6.50. The standard InChI is InChI=1S/C21H18F4O3/c1-2-3-13-4-5-14-11-18(19(22)12-15(14)10-13)20(26)27-16-6-8-17(9-7-16)28-21(23,24)25/h4,6-9,11-12H,2-3,5,10H2,1H3. The minimum absolute atomic E-state index is 0.0122. The number of carbonyl (C=O) groups is 1. The molecular formula is C21H18F4O3. The maximum Gasteiger partial charge on any atom is 0.573 e. The highest BCUT2D eigenvalue weighted by atomic mass is 19.4. The summed E-state index contributed by atoms with van der Waals surface area (Å²) < 4.78 is 59.8. The minimum Gasteiger partial charge on any atom is -0.423 e. The van der Waals surface area contributed by atoms with E-state index in [0.717, 1.165) is 48.2 Å². The summed E-state index contributed by atoms with van der Waals surface area (Å²) in [4.78, 5) is 12.3. The lowest BCUT2D eigenvalue weighted by molar-refractivity contribution is -0.274. The molecule has 3 rings (SSSR count). The Labute approximate surface area is 159 Å². The summed E-state index contributed by atoms with van der Waals surface area (Å²) in [7, 11) is 0. The van der Waals surface area contributed by atoms with Crippen molar-refractivity contribution < 1.29 is 31.8 Å². The zero-order chi connectivity index (χ0) is 20.3. The van der Waals surface area contributed by atoms with Crippen LogP contribution in [0.25, 0.3) is 0 Å². The molecule has 28 heavy (non-hydrogen) atoms. The van der Waals surface area contributed by atoms with Crippen molar-refractivity contribution in [1.82, 2.24) is 0 Å². The van der Waals surface area contributed by atoms with Gasteiger partial charge in [-0.25, -0.2) is 9.18 Å². The van der Waals surface area contributed by atoms with Crippen LogP contribution in [0.5, 0.6) is 11.5 Å². The third kappa shape index (κ3) is 4.91. The van der Waals surface area contributed by atoms with Crippen LogP contribution in [0.3, 0.4) is 0 Å². The molecule has 1 aliphatic carbocycles. The van der Waals surface area contributed by atoms with Gasteiger partial charge in [0.1, 0.15) is 17.3 Å². The molecule has 0 amide bonds. The van der Waals surface area contributed by atoms with Crippen LogP contribution in [0.4, 0.5) is 17.6 Å². The predicted octanol–water partition coefficient (Wildman–Crippen LogP) is 5.77. The molecule has 148 valence electrons. The zero-order valence-corrected chi connectivity index (χ0v) is 15.1. The molecule has 0 N–H and O–H groups in total. The summed E-state index contributed by atoms with van der Waals surface area (Å²) in [6.45, 7) is 2.08. The van der Waals surface area contributed by atoms with E-state index in [-0.39, 0.29) is 11.3 Å². The maximum absolute atomic E-state index is 14.4. The highest BCUT2D eigenvalue weighted by Crippen LogP contribution is 2.28. The molecule has 0 aliphatic heterocycles. The topological polar surface area (TPSA) is 35.5 Å². The number of fused-ring (bicyclic) bond motifs is 1. The predicted molar refractivity (Wildman–Crippen MR) is 94.9 cm³/mol. The lowest BCUT2D eigenvalue weighted by Gasteiger charge is -2.18. The van der Waals surface area contributed by atoms with Crippen molar-refractivity contribution in [3.8, 4) is 11.5 Å². The van der Waals surface area contributed by atoms with E-state index in [0.29, 0.717) is 12.8 Å². The molecule has 0 unspecified atom stereocenters. The van der Waals surface area contributed by atoms with Crippen molar-refractivity contribution >= 4 is 5.97 Å². The van der Waals surface area contributed by atoms with E-state index in [1.807, 2.05) is 0 Å². The van der Waals surface area contributed by atoms with E-state index in [2.05, 4.69) is 17.7 Å². The fraction of sp³-hybridized carbons (Fsp3) is 0.286. The molecule has 0 radical (unpaired) electrons. The number of rotatable bonds is 5. The number of alkyl halides is 3. The largest absolute Gasteiger partial charge is 0.573 e. The van der Waals surface area contributed by atoms with Gasteiger partial charge in [-0.3, -0.25) is 0 Å². The quantitative estimate of drug-likeness (QED) is 0.280. The van der Waals surface area contributed by atoms with Crippen LogP contribution < -0.4 is 9.47 Å². The first-order valence-corrected chi connectivity index (χ1v) is 8.82. The first-order chi connectivity index (χ1) is 13.2. The van der Waals surface area contributed by atoms with Crippen LogP contribution in [0.2, 0.25) is 0 Å². The third-order valence-electron chi connectivity index (χ3n) is 4.38. The average Bonchev–Trinajstić information content (AvgIpc) is 2.61. The van der Waals surface area contributed by atoms with Gasteiger partial charge in [0, 0.05) is 0 Å². The molecule has 0 bridgehead atoms. The number of carbonyl (C=O) groups excluding carboxylic acids is 1. The first-order valence-electron chi connectivity index (χ1n) is 8.82. The van der Waals surface area contributed by atoms with Gasteiger partial charge in [-0.2, -0.15) is 0 Å². The minimum atomic E-state index is -4.81. The van der Waals surface area contributed by atoms with Gasteiger partial charge in [0.25, 0.3) is 0 Å². The normalized spacial score (nSPS) is 13.5. The fourth-order valence-corrected chi connectivity index (χ4v) is 3.12. The van der Waals surface area contributed by atoms with Gasteiger partial charge >= 0.3 is 12.3 Å². The lowest BCUT2D eigenvalue weighted by atomic mass is 9.88. The molecule has 0 fully saturated rings. The summed E-state index contributed by atoms with van der Waals surface area (Å²) >= 11 is 0. The van der Waals surface area contributed by atoms with Crippen molar-refractivity contribution in [1.29, 1.82) is 0 Å². The summed E-state index contributed by atoms with van der Waals surface area (Å²) in [5, 5.41) is 0. The van der Waals surface area contributed by atoms with Gasteiger partial charge in [-0.1, -0.05) is 25.0 Å². The highest BCUT2D eigenvalue weighted by molar-refractivity contribution is 5.91. The van der Waals surface area contributed by atoms with Crippen LogP contribution in [-0.2, 0) is 12.8 Å². The van der Waals surface area contributed by atoms with E-state index in [4.69, 9.17) is 4.74 Å². The Morgan fingerprint density at radius 2 is 1.75 bits per heavy atom. The van der Waals surface area contributed by atoms with Gasteiger partial charge in [-0.15, -0.1) is 13.2 Å². The van der Waals surface area contributed by atoms with Gasteiger partial charge in [0.15, 0.2) is 0 Å². The molecule has 0 atom stereocenters. The molecule has 0 aromatic heterocycles. The van der Waals surface area contributed by atoms with E-state index in [9.17, 15) is 22.4 Å². The van der Waals surface area contributed by atoms with Crippen molar-refractivity contribution in [3.63, 3.8) is 0 Å². The Hall–Kier alpha value is -2.83. The third-order valence-corrected chi connectivity index (χ3v) is 4.38. The molecule has 0 heterocycles. The van der Waals surface area contributed by atoms with Crippen LogP contribution in [0.15, 0.2) is 48.0 Å². The van der Waals surface area contributed by atoms with Gasteiger partial charge in [0.2, 0.25) is 0 Å². The molecular weight excluding hydrogens is 376 g/mol. The molecule has 7 heteroatoms. The number of esters is 1. The number of allylic oxidation sites excluding steroid dienone is 2. The Morgan fingerprint density at radius 3 is 2.39 bits per heavy atom. The number of ether oxygens (including phenoxy) is 2. The monoisotopic (exact) mass is 394 g/mol. The Balaban J connectivity index is 1.72. The van der Waals surface area contributed by atoms with E-state index in [1.54, 1.807) is 0 Å². The molecule has 2 aromatic rings. The summed E-state index contributed by atoms with van der Waals surface area (Å²) in [6.07, 6.45) is 0.540. The van der Waals surface area contributed by atoms with Gasteiger partial charge < -0.3 is 9.47 Å². The molecule has 0 saturated carbocycles. The number of hydrogen-bond acceptors (Lipinski definition) is 3. The Kier molecular flexibility index (Phi) is 5.72. The zero-order valence-electron chi connectivity index (χ0n) is 15.1. The highest BCUT2D eigenvalue weighted by Gasteiger charge is 2.31. The molecule has 0 spiro atoms. The van der Waals surface area contributed by atoms with Crippen molar-refractivity contribution in [2.45, 2.75) is 39.0 Å². The van der Waals surface area contributed by atoms with E-state index < -0.39 is 23.9 Å². The molecule has 2 aromatic carbocycles. The van der Waals surface area contributed by atoms with Crippen molar-refractivity contribution in [2.24, 2.45) is 0 Å². The van der Waals surface area contributed by atoms with Crippen LogP contribution in [0.1, 0.15) is 41.3 Å². The summed E-state index contributed by atoms with van der Waals surface area (Å²) in [5.41, 5.74) is 2.77. The average molecular weight is 394 g/mol. The molecule has 1 aliphatic rings. The van der Waals surface area contributed by atoms with Crippen LogP contribution in [-0.4, -0.2) is 12.3 Å². The lowest BCUT2D eigenvalue weighted by Crippen LogP contribution is -2.17. The van der Waals surface area contributed by atoms with Gasteiger partial charge in [0.05, 0.1) is 5.56 Å². The second kappa shape index (κ2) is 8.04. The molecule has 0 saturated heterocycles. The first kappa shape index (κ1) is 19.9. The van der Waals surface area contributed by atoms with Crippen LogP contribution >= 0.6 is 0 Å². The SMILES string of the molecule is CCCC1=CCc2cc(C(=O)Oc3ccc(OC(F)(F)F)cc3)c(F)cc2C1. The van der Waals surface area contributed by atoms with E-state index in [1.165, 1.54) is 17.7 Å². The summed E-state index contributed by atoms with van der Waals surface area (Å²) in [5.74, 6) is -2.05. The Morgan fingerprint density at radius 1 is 1.07 bits per heavy atom. The fourth-order valence-electron chi connectivity index (χ4n) is 3.12. The van der Waals surface area contributed by atoms with E-state index >= 15 is 0 Å². The number of benzene rings is 2. The molecule has 3 nitrogen and oxygen atoms in total. The number of halogens is 4. The maximum atomic E-state index is 14.4. The summed E-state index contributed by atoms with van der Waals surface area (Å²) in [6, 6.07) is 7.16. The smallest absolute Gasteiger partial charge is 0.423 e. The van der Waals surface area contributed by atoms with Crippen molar-refractivity contribution in [3.05, 3.63) is 70.6 Å². The van der Waals surface area contributed by atoms with Gasteiger partial charge in [-0.05, 0) is 66.8 Å². The second-order valence-corrected chi connectivity index (χ2v) is 6.50.